The van der Waals surface area contributed by atoms with Crippen LogP contribution in [0.4, 0.5) is 0 Å². The minimum absolute atomic E-state index is 0.252. The molecule has 0 fully saturated rings. The maximum Gasteiger partial charge on any atom is 0.111 e. The molecule has 0 saturated carbocycles. The zero-order valence-electron chi connectivity index (χ0n) is 10.5. The topological polar surface area (TPSA) is 43.8 Å². The van der Waals surface area contributed by atoms with Crippen LogP contribution in [0.2, 0.25) is 5.02 Å². The van der Waals surface area contributed by atoms with Crippen LogP contribution in [0, 0.1) is 0 Å². The van der Waals surface area contributed by atoms with Crippen LogP contribution in [0.5, 0.6) is 0 Å². The Kier molecular flexibility index (Phi) is 3.15. The number of nitrogens with zero attached hydrogens (tertiary/aromatic N) is 2. The number of hydrogen-bond donors (Lipinski definition) is 1. The average molecular weight is 252 g/mol. The molecule has 1 aromatic heterocycles. The molecule has 2 N–H and O–H groups in total. The van der Waals surface area contributed by atoms with E-state index in [1.165, 1.54) is 0 Å². The zero-order chi connectivity index (χ0) is 12.6. The lowest BCUT2D eigenvalue weighted by molar-refractivity contribution is 0.490. The number of rotatable bonds is 3. The number of benzene rings is 1. The molecule has 0 spiro atoms. The fourth-order valence-corrected chi connectivity index (χ4v) is 2.21. The van der Waals surface area contributed by atoms with Gasteiger partial charge < -0.3 is 10.3 Å². The van der Waals surface area contributed by atoms with Gasteiger partial charge in [-0.3, -0.25) is 0 Å². The van der Waals surface area contributed by atoms with E-state index in [1.54, 1.807) is 0 Å². The van der Waals surface area contributed by atoms with Crippen LogP contribution >= 0.6 is 11.6 Å². The van der Waals surface area contributed by atoms with E-state index in [0.717, 1.165) is 34.8 Å². The first-order valence-corrected chi connectivity index (χ1v) is 6.22. The second-order valence-electron chi connectivity index (χ2n) is 5.07. The van der Waals surface area contributed by atoms with Gasteiger partial charge in [0.2, 0.25) is 0 Å². The van der Waals surface area contributed by atoms with Crippen LogP contribution in [0.25, 0.3) is 11.0 Å². The van der Waals surface area contributed by atoms with Crippen molar-refractivity contribution in [3.63, 3.8) is 0 Å². The van der Waals surface area contributed by atoms with E-state index >= 15 is 0 Å². The first kappa shape index (κ1) is 12.4. The largest absolute Gasteiger partial charge is 0.328 e. The van der Waals surface area contributed by atoms with Gasteiger partial charge in [0.1, 0.15) is 5.82 Å². The highest BCUT2D eigenvalue weighted by Crippen LogP contribution is 2.22. The summed E-state index contributed by atoms with van der Waals surface area (Å²) in [7, 11) is 0. The van der Waals surface area contributed by atoms with Crippen molar-refractivity contribution in [1.29, 1.82) is 0 Å². The summed E-state index contributed by atoms with van der Waals surface area (Å²) in [4.78, 5) is 4.63. The van der Waals surface area contributed by atoms with E-state index in [1.807, 2.05) is 32.0 Å². The van der Waals surface area contributed by atoms with Crippen LogP contribution in [-0.4, -0.2) is 15.1 Å². The lowest BCUT2D eigenvalue weighted by Crippen LogP contribution is -2.35. The maximum absolute atomic E-state index is 6.06. The van der Waals surface area contributed by atoms with Gasteiger partial charge in [0, 0.05) is 23.5 Å². The zero-order valence-corrected chi connectivity index (χ0v) is 11.3. The lowest BCUT2D eigenvalue weighted by atomic mass is 10.0. The molecular formula is C13H18ClN3. The quantitative estimate of drug-likeness (QED) is 0.912. The molecule has 2 aromatic rings. The molecule has 1 heterocycles. The van der Waals surface area contributed by atoms with E-state index in [2.05, 4.69) is 16.5 Å². The third-order valence-corrected chi connectivity index (χ3v) is 2.95. The van der Waals surface area contributed by atoms with Gasteiger partial charge in [0.05, 0.1) is 11.0 Å². The van der Waals surface area contributed by atoms with Gasteiger partial charge in [-0.2, -0.15) is 0 Å². The number of nitrogens with two attached hydrogens (primary N) is 1. The molecule has 92 valence electrons. The fraction of sp³-hybridized carbons (Fsp3) is 0.462. The van der Waals surface area contributed by atoms with E-state index in [0.29, 0.717) is 0 Å². The van der Waals surface area contributed by atoms with Gasteiger partial charge >= 0.3 is 0 Å². The van der Waals surface area contributed by atoms with Crippen molar-refractivity contribution in [3.8, 4) is 0 Å². The monoisotopic (exact) mass is 251 g/mol. The van der Waals surface area contributed by atoms with Gasteiger partial charge in [-0.15, -0.1) is 0 Å². The Labute approximate surface area is 107 Å². The van der Waals surface area contributed by atoms with Crippen LogP contribution in [0.15, 0.2) is 18.2 Å². The Balaban J connectivity index is 2.55. The third-order valence-electron chi connectivity index (χ3n) is 2.72. The second kappa shape index (κ2) is 4.31. The number of aryl methyl sites for hydroxylation is 1. The molecule has 0 aliphatic carbocycles. The maximum atomic E-state index is 6.06. The van der Waals surface area contributed by atoms with Gasteiger partial charge in [-0.05, 0) is 39.0 Å². The molecule has 17 heavy (non-hydrogen) atoms. The number of imidazole rings is 1. The van der Waals surface area contributed by atoms with Crippen molar-refractivity contribution in [2.24, 2.45) is 5.73 Å². The van der Waals surface area contributed by atoms with Gasteiger partial charge in [-0.1, -0.05) is 11.6 Å². The summed E-state index contributed by atoms with van der Waals surface area (Å²) in [5.74, 6) is 1.03. The number of aromatic nitrogens is 2. The van der Waals surface area contributed by atoms with Crippen LogP contribution in [-0.2, 0) is 13.0 Å². The van der Waals surface area contributed by atoms with Crippen molar-refractivity contribution in [2.75, 3.05) is 0 Å². The summed E-state index contributed by atoms with van der Waals surface area (Å²) in [6, 6.07) is 5.81. The molecule has 0 amide bonds. The molecule has 0 bridgehead atoms. The van der Waals surface area contributed by atoms with Crippen LogP contribution in [0.3, 0.4) is 0 Å². The van der Waals surface area contributed by atoms with E-state index in [9.17, 15) is 0 Å². The van der Waals surface area contributed by atoms with E-state index in [-0.39, 0.29) is 5.54 Å². The molecule has 0 aliphatic heterocycles. The fourth-order valence-electron chi connectivity index (χ4n) is 2.05. The molecule has 0 saturated heterocycles. The van der Waals surface area contributed by atoms with Gasteiger partial charge in [0.25, 0.3) is 0 Å². The first-order chi connectivity index (χ1) is 7.90. The highest BCUT2D eigenvalue weighted by atomic mass is 35.5. The Bertz CT molecular complexity index is 537. The standard InChI is InChI=1S/C13H18ClN3/c1-4-17-11-6-5-9(14)7-10(11)16-12(17)8-13(2,3)15/h5-7H,4,8,15H2,1-3H3. The normalized spacial score (nSPS) is 12.3. The van der Waals surface area contributed by atoms with E-state index in [4.69, 9.17) is 17.3 Å². The molecule has 0 atom stereocenters. The van der Waals surface area contributed by atoms with Gasteiger partial charge in [-0.25, -0.2) is 4.98 Å². The van der Waals surface area contributed by atoms with Crippen molar-refractivity contribution >= 4 is 22.6 Å². The van der Waals surface area contributed by atoms with Crippen molar-refractivity contribution in [1.82, 2.24) is 9.55 Å². The third kappa shape index (κ3) is 2.61. The molecular weight excluding hydrogens is 234 g/mol. The summed E-state index contributed by atoms with van der Waals surface area (Å²) in [5.41, 5.74) is 7.88. The number of hydrogen-bond acceptors (Lipinski definition) is 2. The summed E-state index contributed by atoms with van der Waals surface area (Å²) >= 11 is 5.98. The lowest BCUT2D eigenvalue weighted by Gasteiger charge is -2.18. The van der Waals surface area contributed by atoms with Gasteiger partial charge in [0.15, 0.2) is 0 Å². The predicted octanol–water partition coefficient (Wildman–Crippen LogP) is 2.99. The highest BCUT2D eigenvalue weighted by molar-refractivity contribution is 6.31. The summed E-state index contributed by atoms with van der Waals surface area (Å²) in [6.45, 7) is 7.03. The first-order valence-electron chi connectivity index (χ1n) is 5.84. The molecule has 0 unspecified atom stereocenters. The molecule has 0 aliphatic rings. The Morgan fingerprint density at radius 1 is 1.41 bits per heavy atom. The highest BCUT2D eigenvalue weighted by Gasteiger charge is 2.17. The number of fused-ring (bicyclic) bond motifs is 1. The smallest absolute Gasteiger partial charge is 0.111 e. The number of halogens is 1. The van der Waals surface area contributed by atoms with Crippen molar-refractivity contribution < 1.29 is 0 Å². The predicted molar refractivity (Wildman–Crippen MR) is 72.4 cm³/mol. The average Bonchev–Trinajstić information content (AvgIpc) is 2.51. The van der Waals surface area contributed by atoms with E-state index < -0.39 is 0 Å². The minimum Gasteiger partial charge on any atom is -0.328 e. The van der Waals surface area contributed by atoms with Crippen LogP contribution < -0.4 is 5.73 Å². The minimum atomic E-state index is -0.252. The Hall–Kier alpha value is -1.06. The Morgan fingerprint density at radius 2 is 2.12 bits per heavy atom. The Morgan fingerprint density at radius 3 is 2.71 bits per heavy atom. The summed E-state index contributed by atoms with van der Waals surface area (Å²) in [6.07, 6.45) is 0.757. The summed E-state index contributed by atoms with van der Waals surface area (Å²) < 4.78 is 2.19. The second-order valence-corrected chi connectivity index (χ2v) is 5.51. The SMILES string of the molecule is CCn1c(CC(C)(C)N)nc2cc(Cl)ccc21. The molecule has 4 heteroatoms. The van der Waals surface area contributed by atoms with Crippen molar-refractivity contribution in [2.45, 2.75) is 39.3 Å². The van der Waals surface area contributed by atoms with Crippen molar-refractivity contribution in [3.05, 3.63) is 29.0 Å². The molecule has 2 rings (SSSR count). The molecule has 1 aromatic carbocycles. The summed E-state index contributed by atoms with van der Waals surface area (Å²) in [5, 5.41) is 0.719. The molecule has 3 nitrogen and oxygen atoms in total. The van der Waals surface area contributed by atoms with Crippen LogP contribution in [0.1, 0.15) is 26.6 Å². The molecule has 0 radical (unpaired) electrons.